The second-order valence-corrected chi connectivity index (χ2v) is 4.34. The van der Waals surface area contributed by atoms with Crippen molar-refractivity contribution in [1.29, 1.82) is 0 Å². The molecule has 2 aliphatic heterocycles. The summed E-state index contributed by atoms with van der Waals surface area (Å²) in [5, 5.41) is 11.8. The minimum atomic E-state index is -1.04. The molecule has 0 spiro atoms. The van der Waals surface area contributed by atoms with Crippen LogP contribution >= 0.6 is 0 Å². The number of carboxylic acid groups (broad SMARTS) is 1. The number of piperidine rings is 1. The summed E-state index contributed by atoms with van der Waals surface area (Å²) in [5.74, 6) is -0.899. The molecule has 84 valence electrons. The summed E-state index contributed by atoms with van der Waals surface area (Å²) in [7, 11) is 0. The summed E-state index contributed by atoms with van der Waals surface area (Å²) in [6, 6.07) is -0.0195. The average Bonchev–Trinajstić information content (AvgIpc) is 2.60. The van der Waals surface area contributed by atoms with Gasteiger partial charge in [-0.15, -0.1) is 0 Å². The number of amides is 1. The van der Waals surface area contributed by atoms with Crippen LogP contribution in [0.1, 0.15) is 25.7 Å². The van der Waals surface area contributed by atoms with Crippen LogP contribution in [-0.2, 0) is 9.59 Å². The lowest BCUT2D eigenvalue weighted by Gasteiger charge is -2.37. The van der Waals surface area contributed by atoms with E-state index in [-0.39, 0.29) is 6.04 Å². The number of nitrogens with zero attached hydrogens (tertiary/aromatic N) is 1. The summed E-state index contributed by atoms with van der Waals surface area (Å²) in [6.45, 7) is 1.73. The number of rotatable bonds is 3. The number of carboxylic acids is 1. The Morgan fingerprint density at radius 1 is 1.47 bits per heavy atom. The molecule has 1 amide bonds. The van der Waals surface area contributed by atoms with Gasteiger partial charge in [0.05, 0.1) is 0 Å². The van der Waals surface area contributed by atoms with E-state index in [0.717, 1.165) is 32.4 Å². The molecule has 5 nitrogen and oxygen atoms in total. The Bertz CT molecular complexity index is 282. The van der Waals surface area contributed by atoms with Crippen molar-refractivity contribution >= 4 is 12.4 Å². The number of carbonyl (C=O) groups is 2. The lowest BCUT2D eigenvalue weighted by molar-refractivity contribution is -0.147. The van der Waals surface area contributed by atoms with Crippen molar-refractivity contribution in [3.8, 4) is 0 Å². The van der Waals surface area contributed by atoms with Crippen molar-refractivity contribution in [2.75, 3.05) is 13.1 Å². The molecule has 15 heavy (non-hydrogen) atoms. The molecule has 0 aromatic rings. The van der Waals surface area contributed by atoms with Gasteiger partial charge in [-0.25, -0.2) is 4.79 Å². The van der Waals surface area contributed by atoms with Gasteiger partial charge in [0, 0.05) is 12.6 Å². The quantitative estimate of drug-likeness (QED) is 0.636. The number of fused-ring (bicyclic) bond motifs is 1. The van der Waals surface area contributed by atoms with Gasteiger partial charge in [-0.3, -0.25) is 9.69 Å². The smallest absolute Gasteiger partial charge is 0.331 e. The fourth-order valence-corrected chi connectivity index (χ4v) is 2.89. The number of hydrogen-bond acceptors (Lipinski definition) is 3. The van der Waals surface area contributed by atoms with Crippen LogP contribution in [0.5, 0.6) is 0 Å². The maximum absolute atomic E-state index is 11.3. The predicted octanol–water partition coefficient (Wildman–Crippen LogP) is -0.186. The summed E-state index contributed by atoms with van der Waals surface area (Å²) in [5.41, 5.74) is -1.04. The van der Waals surface area contributed by atoms with E-state index in [4.69, 9.17) is 0 Å². The van der Waals surface area contributed by atoms with Crippen molar-refractivity contribution in [3.63, 3.8) is 0 Å². The lowest BCUT2D eigenvalue weighted by atomic mass is 9.85. The molecule has 2 heterocycles. The SMILES string of the molecule is O=CNC1(C(=O)O)CCN2CCCCC21. The molecule has 2 atom stereocenters. The highest BCUT2D eigenvalue weighted by molar-refractivity contribution is 5.83. The van der Waals surface area contributed by atoms with Crippen LogP contribution in [0.4, 0.5) is 0 Å². The topological polar surface area (TPSA) is 69.6 Å². The first kappa shape index (κ1) is 10.4. The average molecular weight is 212 g/mol. The zero-order chi connectivity index (χ0) is 10.9. The first-order valence-corrected chi connectivity index (χ1v) is 5.39. The van der Waals surface area contributed by atoms with Crippen molar-refractivity contribution in [3.05, 3.63) is 0 Å². The molecule has 2 aliphatic rings. The first-order chi connectivity index (χ1) is 7.20. The van der Waals surface area contributed by atoms with Gasteiger partial charge in [-0.2, -0.15) is 0 Å². The Kier molecular flexibility index (Phi) is 2.65. The normalized spacial score (nSPS) is 35.9. The Hall–Kier alpha value is -1.10. The second-order valence-electron chi connectivity index (χ2n) is 4.34. The second kappa shape index (κ2) is 3.81. The summed E-state index contributed by atoms with van der Waals surface area (Å²) in [4.78, 5) is 24.1. The number of aliphatic carboxylic acids is 1. The minimum Gasteiger partial charge on any atom is -0.479 e. The highest BCUT2D eigenvalue weighted by atomic mass is 16.4. The molecule has 0 aromatic heterocycles. The van der Waals surface area contributed by atoms with E-state index in [1.807, 2.05) is 0 Å². The lowest BCUT2D eigenvalue weighted by Crippen LogP contribution is -2.60. The van der Waals surface area contributed by atoms with Crippen LogP contribution in [0.3, 0.4) is 0 Å². The summed E-state index contributed by atoms with van der Waals surface area (Å²) < 4.78 is 0. The third-order valence-electron chi connectivity index (χ3n) is 3.67. The Balaban J connectivity index is 2.24. The number of hydrogen-bond donors (Lipinski definition) is 2. The largest absolute Gasteiger partial charge is 0.479 e. The van der Waals surface area contributed by atoms with E-state index >= 15 is 0 Å². The van der Waals surface area contributed by atoms with E-state index in [1.54, 1.807) is 0 Å². The molecule has 2 unspecified atom stereocenters. The highest BCUT2D eigenvalue weighted by Gasteiger charge is 2.53. The number of carbonyl (C=O) groups excluding carboxylic acids is 1. The third kappa shape index (κ3) is 1.51. The molecule has 0 radical (unpaired) electrons. The molecule has 0 aliphatic carbocycles. The van der Waals surface area contributed by atoms with Crippen LogP contribution in [0, 0.1) is 0 Å². The van der Waals surface area contributed by atoms with Crippen molar-refractivity contribution in [1.82, 2.24) is 10.2 Å². The van der Waals surface area contributed by atoms with Crippen LogP contribution in [0.15, 0.2) is 0 Å². The highest BCUT2D eigenvalue weighted by Crippen LogP contribution is 2.35. The van der Waals surface area contributed by atoms with E-state index in [2.05, 4.69) is 10.2 Å². The van der Waals surface area contributed by atoms with Crippen molar-refractivity contribution < 1.29 is 14.7 Å². The molecular weight excluding hydrogens is 196 g/mol. The molecule has 5 heteroatoms. The van der Waals surface area contributed by atoms with Crippen molar-refractivity contribution in [2.45, 2.75) is 37.3 Å². The molecule has 0 aromatic carbocycles. The molecule has 2 N–H and O–H groups in total. The van der Waals surface area contributed by atoms with Crippen LogP contribution < -0.4 is 5.32 Å². The Labute approximate surface area is 88.4 Å². The summed E-state index contributed by atoms with van der Waals surface area (Å²) >= 11 is 0. The Morgan fingerprint density at radius 3 is 2.93 bits per heavy atom. The van der Waals surface area contributed by atoms with Gasteiger partial charge in [0.2, 0.25) is 6.41 Å². The van der Waals surface area contributed by atoms with Crippen LogP contribution in [-0.4, -0.2) is 47.1 Å². The molecule has 0 saturated carbocycles. The van der Waals surface area contributed by atoms with Gasteiger partial charge in [-0.05, 0) is 25.8 Å². The molecule has 2 rings (SSSR count). The van der Waals surface area contributed by atoms with E-state index in [0.29, 0.717) is 12.8 Å². The number of nitrogens with one attached hydrogen (secondary N) is 1. The zero-order valence-corrected chi connectivity index (χ0v) is 8.61. The van der Waals surface area contributed by atoms with Gasteiger partial charge < -0.3 is 10.4 Å². The van der Waals surface area contributed by atoms with Gasteiger partial charge in [0.1, 0.15) is 0 Å². The van der Waals surface area contributed by atoms with E-state index in [9.17, 15) is 14.7 Å². The predicted molar refractivity (Wildman–Crippen MR) is 53.4 cm³/mol. The molecule has 2 saturated heterocycles. The zero-order valence-electron chi connectivity index (χ0n) is 8.61. The Morgan fingerprint density at radius 2 is 2.27 bits per heavy atom. The van der Waals surface area contributed by atoms with Crippen molar-refractivity contribution in [2.24, 2.45) is 0 Å². The van der Waals surface area contributed by atoms with Crippen LogP contribution in [0.2, 0.25) is 0 Å². The minimum absolute atomic E-state index is 0.0195. The maximum Gasteiger partial charge on any atom is 0.331 e. The van der Waals surface area contributed by atoms with Gasteiger partial charge in [0.25, 0.3) is 0 Å². The van der Waals surface area contributed by atoms with E-state index < -0.39 is 11.5 Å². The maximum atomic E-state index is 11.3. The van der Waals surface area contributed by atoms with Crippen LogP contribution in [0.25, 0.3) is 0 Å². The standard InChI is InChI=1S/C10H16N2O3/c13-7-11-10(9(14)15)4-6-12-5-2-1-3-8(10)12/h7-8H,1-6H2,(H,11,13)(H,14,15). The van der Waals surface area contributed by atoms with Gasteiger partial charge >= 0.3 is 5.97 Å². The van der Waals surface area contributed by atoms with E-state index in [1.165, 1.54) is 0 Å². The first-order valence-electron chi connectivity index (χ1n) is 5.39. The fourth-order valence-electron chi connectivity index (χ4n) is 2.89. The third-order valence-corrected chi connectivity index (χ3v) is 3.67. The molecule has 2 fully saturated rings. The molecular formula is C10H16N2O3. The fraction of sp³-hybridized carbons (Fsp3) is 0.800. The van der Waals surface area contributed by atoms with Gasteiger partial charge in [0.15, 0.2) is 5.54 Å². The molecule has 0 bridgehead atoms. The van der Waals surface area contributed by atoms with Gasteiger partial charge in [-0.1, -0.05) is 6.42 Å². The summed E-state index contributed by atoms with van der Waals surface area (Å²) in [6.07, 6.45) is 4.09. The monoisotopic (exact) mass is 212 g/mol.